The summed E-state index contributed by atoms with van der Waals surface area (Å²) >= 11 is 0. The van der Waals surface area contributed by atoms with Crippen molar-refractivity contribution in [1.82, 2.24) is 10.2 Å². The van der Waals surface area contributed by atoms with Gasteiger partial charge in [0.15, 0.2) is 0 Å². The summed E-state index contributed by atoms with van der Waals surface area (Å²) in [5, 5.41) is 11.8. The zero-order valence-electron chi connectivity index (χ0n) is 9.93. The molecule has 2 rings (SSSR count). The van der Waals surface area contributed by atoms with Crippen LogP contribution in [0.5, 0.6) is 0 Å². The first-order valence-electron chi connectivity index (χ1n) is 6.01. The van der Waals surface area contributed by atoms with E-state index in [-0.39, 0.29) is 23.9 Å². The zero-order chi connectivity index (χ0) is 12.4. The van der Waals surface area contributed by atoms with Gasteiger partial charge in [0.05, 0.1) is 5.92 Å². The second kappa shape index (κ2) is 4.77. The van der Waals surface area contributed by atoms with Crippen molar-refractivity contribution in [3.05, 3.63) is 12.2 Å². The van der Waals surface area contributed by atoms with Gasteiger partial charge in [0, 0.05) is 25.0 Å². The molecule has 1 aliphatic carbocycles. The lowest BCUT2D eigenvalue weighted by Gasteiger charge is -2.41. The number of carbonyl (C=O) groups excluding carboxylic acids is 1. The molecule has 0 radical (unpaired) electrons. The van der Waals surface area contributed by atoms with Crippen molar-refractivity contribution in [3.63, 3.8) is 0 Å². The molecule has 0 aromatic rings. The number of aliphatic carboxylic acids is 1. The molecule has 5 heteroatoms. The van der Waals surface area contributed by atoms with Gasteiger partial charge in [0.25, 0.3) is 0 Å². The highest BCUT2D eigenvalue weighted by atomic mass is 16.4. The molecule has 0 bridgehead atoms. The Bertz CT molecular complexity index is 340. The van der Waals surface area contributed by atoms with Crippen molar-refractivity contribution in [1.29, 1.82) is 0 Å². The van der Waals surface area contributed by atoms with E-state index in [1.165, 1.54) is 0 Å². The van der Waals surface area contributed by atoms with Crippen LogP contribution in [-0.2, 0) is 4.79 Å². The van der Waals surface area contributed by atoms with E-state index < -0.39 is 5.97 Å². The maximum absolute atomic E-state index is 11.8. The van der Waals surface area contributed by atoms with Crippen molar-refractivity contribution in [2.75, 3.05) is 13.1 Å². The predicted molar refractivity (Wildman–Crippen MR) is 62.6 cm³/mol. The van der Waals surface area contributed by atoms with Crippen LogP contribution < -0.4 is 5.32 Å². The average molecular weight is 238 g/mol. The Morgan fingerprint density at radius 2 is 1.94 bits per heavy atom. The first-order valence-corrected chi connectivity index (χ1v) is 6.01. The quantitative estimate of drug-likeness (QED) is 0.722. The third kappa shape index (κ3) is 2.60. The molecule has 1 heterocycles. The SMILES string of the molecule is CC(C(=O)O)C1CN(C(=O)NC2CC=CC2)C1. The van der Waals surface area contributed by atoms with Gasteiger partial charge in [0.1, 0.15) is 0 Å². The molecule has 2 N–H and O–H groups in total. The number of likely N-dealkylation sites (tertiary alicyclic amines) is 1. The molecule has 94 valence electrons. The van der Waals surface area contributed by atoms with Crippen LogP contribution in [0.25, 0.3) is 0 Å². The summed E-state index contributed by atoms with van der Waals surface area (Å²) in [5.41, 5.74) is 0. The molecule has 17 heavy (non-hydrogen) atoms. The third-order valence-electron chi connectivity index (χ3n) is 3.63. The maximum Gasteiger partial charge on any atom is 0.317 e. The number of carboxylic acids is 1. The van der Waals surface area contributed by atoms with Gasteiger partial charge in [-0.1, -0.05) is 19.1 Å². The Morgan fingerprint density at radius 1 is 1.35 bits per heavy atom. The van der Waals surface area contributed by atoms with Crippen LogP contribution in [0.3, 0.4) is 0 Å². The Labute approximate surface area is 100 Å². The normalized spacial score (nSPS) is 22.3. The third-order valence-corrected chi connectivity index (χ3v) is 3.63. The number of carboxylic acid groups (broad SMARTS) is 1. The lowest BCUT2D eigenvalue weighted by atomic mass is 9.87. The zero-order valence-corrected chi connectivity index (χ0v) is 9.93. The van der Waals surface area contributed by atoms with Gasteiger partial charge in [-0.3, -0.25) is 4.79 Å². The maximum atomic E-state index is 11.8. The summed E-state index contributed by atoms with van der Waals surface area (Å²) in [7, 11) is 0. The van der Waals surface area contributed by atoms with Gasteiger partial charge in [-0.25, -0.2) is 4.79 Å². The highest BCUT2D eigenvalue weighted by Crippen LogP contribution is 2.24. The minimum absolute atomic E-state index is 0.0625. The number of urea groups is 1. The van der Waals surface area contributed by atoms with E-state index >= 15 is 0 Å². The highest BCUT2D eigenvalue weighted by Gasteiger charge is 2.37. The van der Waals surface area contributed by atoms with Crippen LogP contribution in [0.2, 0.25) is 0 Å². The number of nitrogens with one attached hydrogen (secondary N) is 1. The topological polar surface area (TPSA) is 69.6 Å². The summed E-state index contributed by atoms with van der Waals surface area (Å²) < 4.78 is 0. The monoisotopic (exact) mass is 238 g/mol. The summed E-state index contributed by atoms with van der Waals surface area (Å²) in [5.74, 6) is -1.05. The van der Waals surface area contributed by atoms with E-state index in [9.17, 15) is 9.59 Å². The number of hydrogen-bond donors (Lipinski definition) is 2. The molecule has 1 fully saturated rings. The number of hydrogen-bond acceptors (Lipinski definition) is 2. The molecule has 0 aromatic heterocycles. The standard InChI is InChI=1S/C12H18N2O3/c1-8(11(15)16)9-6-14(7-9)12(17)13-10-4-2-3-5-10/h2-3,8-10H,4-7H2,1H3,(H,13,17)(H,15,16). The van der Waals surface area contributed by atoms with Gasteiger partial charge in [-0.15, -0.1) is 0 Å². The first-order chi connectivity index (χ1) is 8.08. The number of rotatable bonds is 3. The summed E-state index contributed by atoms with van der Waals surface area (Å²) in [6.45, 7) is 2.81. The van der Waals surface area contributed by atoms with Crippen molar-refractivity contribution in [3.8, 4) is 0 Å². The van der Waals surface area contributed by atoms with Crippen LogP contribution in [-0.4, -0.2) is 41.1 Å². The van der Waals surface area contributed by atoms with Gasteiger partial charge in [-0.2, -0.15) is 0 Å². The lowest BCUT2D eigenvalue weighted by molar-refractivity contribution is -0.144. The van der Waals surface area contributed by atoms with E-state index in [0.717, 1.165) is 12.8 Å². The Hall–Kier alpha value is -1.52. The minimum Gasteiger partial charge on any atom is -0.481 e. The summed E-state index contributed by atoms with van der Waals surface area (Å²) in [6.07, 6.45) is 5.93. The van der Waals surface area contributed by atoms with Crippen LogP contribution in [0.4, 0.5) is 4.79 Å². The highest BCUT2D eigenvalue weighted by molar-refractivity contribution is 5.76. The van der Waals surface area contributed by atoms with E-state index in [0.29, 0.717) is 13.1 Å². The molecule has 5 nitrogen and oxygen atoms in total. The smallest absolute Gasteiger partial charge is 0.317 e. The molecule has 1 aliphatic heterocycles. The lowest BCUT2D eigenvalue weighted by Crippen LogP contribution is -2.57. The predicted octanol–water partition coefficient (Wildman–Crippen LogP) is 1.07. The molecular formula is C12H18N2O3. The van der Waals surface area contributed by atoms with Crippen molar-refractivity contribution >= 4 is 12.0 Å². The molecule has 1 saturated heterocycles. The summed E-state index contributed by atoms with van der Waals surface area (Å²) in [4.78, 5) is 24.2. The van der Waals surface area contributed by atoms with Crippen molar-refractivity contribution in [2.24, 2.45) is 11.8 Å². The number of amides is 2. The molecule has 2 amide bonds. The summed E-state index contributed by atoms with van der Waals surface area (Å²) in [6, 6.07) is 0.158. The number of carbonyl (C=O) groups is 2. The molecule has 0 aromatic carbocycles. The van der Waals surface area contributed by atoms with Crippen molar-refractivity contribution < 1.29 is 14.7 Å². The molecule has 0 spiro atoms. The fourth-order valence-electron chi connectivity index (χ4n) is 2.20. The first kappa shape index (κ1) is 12.0. The fourth-order valence-corrected chi connectivity index (χ4v) is 2.20. The Kier molecular flexibility index (Phi) is 3.36. The second-order valence-corrected chi connectivity index (χ2v) is 4.88. The van der Waals surface area contributed by atoms with Gasteiger partial charge in [0.2, 0.25) is 0 Å². The van der Waals surface area contributed by atoms with Crippen LogP contribution in [0.15, 0.2) is 12.2 Å². The van der Waals surface area contributed by atoms with Gasteiger partial charge in [-0.05, 0) is 12.8 Å². The van der Waals surface area contributed by atoms with E-state index in [2.05, 4.69) is 17.5 Å². The Morgan fingerprint density at radius 3 is 2.47 bits per heavy atom. The van der Waals surface area contributed by atoms with E-state index in [1.54, 1.807) is 11.8 Å². The number of nitrogens with zero attached hydrogens (tertiary/aromatic N) is 1. The largest absolute Gasteiger partial charge is 0.481 e. The molecule has 1 atom stereocenters. The Balaban J connectivity index is 1.72. The fraction of sp³-hybridized carbons (Fsp3) is 0.667. The molecule has 2 aliphatic rings. The molecule has 1 unspecified atom stereocenters. The minimum atomic E-state index is -0.782. The second-order valence-electron chi connectivity index (χ2n) is 4.88. The van der Waals surface area contributed by atoms with Crippen LogP contribution in [0, 0.1) is 11.8 Å². The van der Waals surface area contributed by atoms with Crippen LogP contribution in [0.1, 0.15) is 19.8 Å². The average Bonchev–Trinajstić information content (AvgIpc) is 2.67. The molecule has 0 saturated carbocycles. The van der Waals surface area contributed by atoms with Gasteiger partial charge < -0.3 is 15.3 Å². The van der Waals surface area contributed by atoms with Crippen LogP contribution >= 0.6 is 0 Å². The molecular weight excluding hydrogens is 220 g/mol. The van der Waals surface area contributed by atoms with Crippen molar-refractivity contribution in [2.45, 2.75) is 25.8 Å². The van der Waals surface area contributed by atoms with Gasteiger partial charge >= 0.3 is 12.0 Å². The van der Waals surface area contributed by atoms with E-state index in [1.807, 2.05) is 0 Å². The van der Waals surface area contributed by atoms with E-state index in [4.69, 9.17) is 5.11 Å².